The van der Waals surface area contributed by atoms with Gasteiger partial charge in [-0.15, -0.1) is 0 Å². The summed E-state index contributed by atoms with van der Waals surface area (Å²) in [6.45, 7) is 5.12. The Labute approximate surface area is 330 Å². The second kappa shape index (κ2) is 17.0. The minimum Gasteiger partial charge on any atom is -0.453 e. The number of nitrogens with zero attached hydrogens (tertiary/aromatic N) is 4. The van der Waals surface area contributed by atoms with Gasteiger partial charge in [0.25, 0.3) is 0 Å². The average Bonchev–Trinajstić information content (AvgIpc) is 4.07. The van der Waals surface area contributed by atoms with Crippen molar-refractivity contribution in [2.24, 2.45) is 5.92 Å². The predicted molar refractivity (Wildman–Crippen MR) is 214 cm³/mol. The maximum atomic E-state index is 13.8. The maximum Gasteiger partial charge on any atom is 0.407 e. The number of hydrogen-bond donors (Lipinski definition) is 4. The lowest BCUT2D eigenvalue weighted by atomic mass is 9.97. The molecule has 0 bridgehead atoms. The lowest BCUT2D eigenvalue weighted by Gasteiger charge is -2.30. The van der Waals surface area contributed by atoms with Crippen LogP contribution in [0.5, 0.6) is 0 Å². The van der Waals surface area contributed by atoms with Gasteiger partial charge in [-0.05, 0) is 77.8 Å². The molecule has 2 aromatic heterocycles. The number of H-pyrrole nitrogens is 2. The third-order valence-electron chi connectivity index (χ3n) is 11.3. The number of amides is 4. The molecule has 5 aromatic rings. The van der Waals surface area contributed by atoms with Gasteiger partial charge >= 0.3 is 12.2 Å². The quantitative estimate of drug-likeness (QED) is 0.114. The molecule has 5 atom stereocenters. The van der Waals surface area contributed by atoms with E-state index in [1.807, 2.05) is 24.8 Å². The fourth-order valence-corrected chi connectivity index (χ4v) is 8.03. The molecule has 15 heteroatoms. The summed E-state index contributed by atoms with van der Waals surface area (Å²) in [5.41, 5.74) is 5.60. The van der Waals surface area contributed by atoms with E-state index in [0.29, 0.717) is 18.9 Å². The van der Waals surface area contributed by atoms with Crippen LogP contribution < -0.4 is 10.6 Å². The fourth-order valence-electron chi connectivity index (χ4n) is 8.03. The van der Waals surface area contributed by atoms with E-state index in [9.17, 15) is 19.2 Å². The van der Waals surface area contributed by atoms with E-state index in [1.54, 1.807) is 11.1 Å². The molecule has 2 aliphatic rings. The van der Waals surface area contributed by atoms with Crippen LogP contribution in [0.25, 0.3) is 44.2 Å². The molecule has 0 saturated carbocycles. The van der Waals surface area contributed by atoms with E-state index in [2.05, 4.69) is 74.1 Å². The van der Waals surface area contributed by atoms with Crippen LogP contribution in [0, 0.1) is 5.92 Å². The summed E-state index contributed by atoms with van der Waals surface area (Å²) in [6, 6.07) is 16.8. The van der Waals surface area contributed by atoms with Gasteiger partial charge in [-0.25, -0.2) is 19.6 Å². The maximum absolute atomic E-state index is 13.8. The third kappa shape index (κ3) is 8.15. The Morgan fingerprint density at radius 1 is 0.789 bits per heavy atom. The summed E-state index contributed by atoms with van der Waals surface area (Å²) in [4.78, 5) is 71.4. The van der Waals surface area contributed by atoms with Gasteiger partial charge in [-0.1, -0.05) is 50.6 Å². The number of fused-ring (bicyclic) bond motifs is 2. The number of aromatic amines is 2. The van der Waals surface area contributed by atoms with E-state index in [-0.39, 0.29) is 36.4 Å². The van der Waals surface area contributed by atoms with Crippen molar-refractivity contribution < 1.29 is 33.4 Å². The number of alkyl carbamates (subject to hydrolysis) is 2. The molecule has 1 unspecified atom stereocenters. The smallest absolute Gasteiger partial charge is 0.407 e. The number of carbonyl (C=O) groups excluding carboxylic acids is 4. The first kappa shape index (κ1) is 39.3. The summed E-state index contributed by atoms with van der Waals surface area (Å²) >= 11 is 0. The number of likely N-dealkylation sites (tertiary alicyclic amines) is 2. The Kier molecular flexibility index (Phi) is 11.7. The SMILES string of the molecule is CC[C@H](C)C(NC(=O)OC)C(=O)N1CCC[C@H]1c1nc2ccc(-c3ccc4cc(-c5cnc([C@@H]6CCCN6C(=O)[C@H](COC)NC(=O)OC)[nH]5)ccc4c3)cc2[nH]1. The number of benzene rings is 3. The van der Waals surface area contributed by atoms with Crippen molar-refractivity contribution in [1.82, 2.24) is 40.4 Å². The molecule has 7 rings (SSSR count). The van der Waals surface area contributed by atoms with Gasteiger partial charge in [0.2, 0.25) is 11.8 Å². The van der Waals surface area contributed by atoms with Crippen molar-refractivity contribution in [2.75, 3.05) is 41.0 Å². The monoisotopic (exact) mass is 778 g/mol. The zero-order valence-corrected chi connectivity index (χ0v) is 33.0. The molecule has 0 radical (unpaired) electrons. The van der Waals surface area contributed by atoms with Gasteiger partial charge in [0.1, 0.15) is 23.7 Å². The van der Waals surface area contributed by atoms with E-state index in [4.69, 9.17) is 19.2 Å². The number of imidazole rings is 2. The number of hydrogen-bond acceptors (Lipinski definition) is 9. The van der Waals surface area contributed by atoms with Gasteiger partial charge in [0, 0.05) is 25.8 Å². The number of nitrogens with one attached hydrogen (secondary N) is 4. The third-order valence-corrected chi connectivity index (χ3v) is 11.3. The molecule has 2 fully saturated rings. The summed E-state index contributed by atoms with van der Waals surface area (Å²) in [7, 11) is 4.04. The molecule has 4 N–H and O–H groups in total. The molecule has 15 nitrogen and oxygen atoms in total. The first-order valence-electron chi connectivity index (χ1n) is 19.5. The lowest BCUT2D eigenvalue weighted by Crippen LogP contribution is -2.51. The van der Waals surface area contributed by atoms with Crippen LogP contribution in [-0.2, 0) is 23.8 Å². The molecular formula is C42H50N8O7. The Bertz CT molecular complexity index is 2270. The highest BCUT2D eigenvalue weighted by Crippen LogP contribution is 2.36. The predicted octanol–water partition coefficient (Wildman–Crippen LogP) is 6.24. The van der Waals surface area contributed by atoms with Crippen LogP contribution in [0.1, 0.15) is 69.7 Å². The fraction of sp³-hybridized carbons (Fsp3) is 0.429. The number of aromatic nitrogens is 4. The van der Waals surface area contributed by atoms with Crippen LogP contribution in [-0.4, -0.2) is 107 Å². The molecule has 4 amide bonds. The number of ether oxygens (including phenoxy) is 3. The summed E-state index contributed by atoms with van der Waals surface area (Å²) in [6.07, 6.45) is 4.40. The van der Waals surface area contributed by atoms with Crippen molar-refractivity contribution in [3.63, 3.8) is 0 Å². The molecule has 300 valence electrons. The molecule has 0 aliphatic carbocycles. The van der Waals surface area contributed by atoms with E-state index in [0.717, 1.165) is 82.1 Å². The average molecular weight is 779 g/mol. The topological polar surface area (TPSA) is 184 Å². The van der Waals surface area contributed by atoms with Crippen LogP contribution in [0.3, 0.4) is 0 Å². The van der Waals surface area contributed by atoms with Crippen LogP contribution in [0.2, 0.25) is 0 Å². The van der Waals surface area contributed by atoms with Crippen molar-refractivity contribution >= 4 is 45.8 Å². The lowest BCUT2D eigenvalue weighted by molar-refractivity contribution is -0.136. The second-order valence-corrected chi connectivity index (χ2v) is 14.8. The van der Waals surface area contributed by atoms with Crippen LogP contribution in [0.4, 0.5) is 9.59 Å². The molecule has 57 heavy (non-hydrogen) atoms. The first-order chi connectivity index (χ1) is 27.6. The minimum atomic E-state index is -0.867. The summed E-state index contributed by atoms with van der Waals surface area (Å²) in [5, 5.41) is 7.48. The molecule has 2 aliphatic heterocycles. The zero-order valence-electron chi connectivity index (χ0n) is 33.0. The summed E-state index contributed by atoms with van der Waals surface area (Å²) < 4.78 is 14.7. The standard InChI is InChI=1S/C42H50N8O7/c1-6-24(2)36(48-42(54)57-5)40(52)50-18-8-10-35(50)38-44-30-16-15-28(21-31(30)45-38)26-11-12-27-20-29(14-13-25(27)19-26)32-22-43-37(46-32)34-9-7-17-49(34)39(51)33(23-55-3)47-41(53)56-4/h11-16,19-22,24,33-36H,6-10,17-18,23H2,1-5H3,(H,43,46)(H,44,45)(H,47,53)(H,48,54)/t24-,33-,34-,35-,36?/m0/s1. The molecular weight excluding hydrogens is 729 g/mol. The van der Waals surface area contributed by atoms with Crippen molar-refractivity contribution in [2.45, 2.75) is 70.1 Å². The van der Waals surface area contributed by atoms with E-state index in [1.165, 1.54) is 21.3 Å². The zero-order chi connectivity index (χ0) is 40.2. The Hall–Kier alpha value is -5.96. The highest BCUT2D eigenvalue weighted by Gasteiger charge is 2.39. The van der Waals surface area contributed by atoms with Gasteiger partial charge in [-0.3, -0.25) is 9.59 Å². The molecule has 4 heterocycles. The highest BCUT2D eigenvalue weighted by atomic mass is 16.5. The number of carbonyl (C=O) groups is 4. The Balaban J connectivity index is 1.07. The molecule has 3 aromatic carbocycles. The molecule has 2 saturated heterocycles. The van der Waals surface area contributed by atoms with Crippen LogP contribution in [0.15, 0.2) is 60.8 Å². The second-order valence-electron chi connectivity index (χ2n) is 14.8. The number of methoxy groups -OCH3 is 3. The van der Waals surface area contributed by atoms with Crippen molar-refractivity contribution in [3.05, 3.63) is 72.4 Å². The molecule has 0 spiro atoms. The minimum absolute atomic E-state index is 0.0275. The van der Waals surface area contributed by atoms with E-state index >= 15 is 0 Å². The largest absolute Gasteiger partial charge is 0.453 e. The van der Waals surface area contributed by atoms with E-state index < -0.39 is 24.3 Å². The summed E-state index contributed by atoms with van der Waals surface area (Å²) in [5.74, 6) is 0.997. The van der Waals surface area contributed by atoms with Crippen LogP contribution >= 0.6 is 0 Å². The van der Waals surface area contributed by atoms with Gasteiger partial charge in [0.15, 0.2) is 0 Å². The Morgan fingerprint density at radius 3 is 2.09 bits per heavy atom. The van der Waals surface area contributed by atoms with Crippen molar-refractivity contribution in [3.8, 4) is 22.4 Å². The van der Waals surface area contributed by atoms with Gasteiger partial charge < -0.3 is 44.6 Å². The van der Waals surface area contributed by atoms with Crippen molar-refractivity contribution in [1.29, 1.82) is 0 Å². The Morgan fingerprint density at radius 2 is 1.40 bits per heavy atom. The normalized spacial score (nSPS) is 18.4. The van der Waals surface area contributed by atoms with Gasteiger partial charge in [-0.2, -0.15) is 0 Å². The first-order valence-corrected chi connectivity index (χ1v) is 19.5. The number of rotatable bonds is 12. The van der Waals surface area contributed by atoms with Gasteiger partial charge in [0.05, 0.1) is 55.8 Å². The highest BCUT2D eigenvalue weighted by molar-refractivity contribution is 5.92.